The first-order valence-electron chi connectivity index (χ1n) is 9.16. The van der Waals surface area contributed by atoms with Crippen LogP contribution < -0.4 is 9.47 Å². The smallest absolute Gasteiger partial charge is 0.347 e. The summed E-state index contributed by atoms with van der Waals surface area (Å²) in [5.74, 6) is 0.740. The van der Waals surface area contributed by atoms with Gasteiger partial charge in [-0.25, -0.2) is 4.79 Å². The van der Waals surface area contributed by atoms with Gasteiger partial charge in [0, 0.05) is 11.6 Å². The second kappa shape index (κ2) is 8.61. The van der Waals surface area contributed by atoms with E-state index < -0.39 is 11.6 Å². The Bertz CT molecular complexity index is 904. The zero-order valence-corrected chi connectivity index (χ0v) is 15.9. The van der Waals surface area contributed by atoms with E-state index in [2.05, 4.69) is 5.16 Å². The van der Waals surface area contributed by atoms with E-state index in [1.165, 1.54) is 0 Å². The summed E-state index contributed by atoms with van der Waals surface area (Å²) in [6, 6.07) is 18.5. The van der Waals surface area contributed by atoms with E-state index in [0.29, 0.717) is 30.1 Å². The molecule has 0 aliphatic heterocycles. The van der Waals surface area contributed by atoms with Crippen LogP contribution in [0.5, 0.6) is 11.5 Å². The quantitative estimate of drug-likeness (QED) is 0.565. The van der Waals surface area contributed by atoms with E-state index >= 15 is 0 Å². The molecule has 0 aliphatic carbocycles. The van der Waals surface area contributed by atoms with Gasteiger partial charge in [-0.1, -0.05) is 48.8 Å². The highest BCUT2D eigenvalue weighted by atomic mass is 16.5. The predicted molar refractivity (Wildman–Crippen MR) is 104 cm³/mol. The lowest BCUT2D eigenvalue weighted by Gasteiger charge is -2.25. The molecule has 0 aliphatic rings. The topological polar surface area (TPSA) is 81.8 Å². The van der Waals surface area contributed by atoms with Crippen molar-refractivity contribution >= 4 is 5.97 Å². The lowest BCUT2D eigenvalue weighted by atomic mass is 10.0. The molecule has 1 heterocycles. The number of hydrogen-bond donors (Lipinski definition) is 1. The van der Waals surface area contributed by atoms with E-state index in [-0.39, 0.29) is 6.61 Å². The molecule has 1 atom stereocenters. The Hall–Kier alpha value is -3.28. The molecule has 1 unspecified atom stereocenters. The van der Waals surface area contributed by atoms with Crippen molar-refractivity contribution in [1.29, 1.82) is 0 Å². The van der Waals surface area contributed by atoms with Gasteiger partial charge in [0.05, 0.1) is 0 Å². The van der Waals surface area contributed by atoms with Crippen LogP contribution in [0.1, 0.15) is 32.4 Å². The molecular weight excluding hydrogens is 358 g/mol. The van der Waals surface area contributed by atoms with E-state index in [1.807, 2.05) is 43.3 Å². The molecule has 1 aromatic heterocycles. The average molecular weight is 381 g/mol. The zero-order chi connectivity index (χ0) is 20.0. The Kier molecular flexibility index (Phi) is 5.99. The van der Waals surface area contributed by atoms with E-state index in [0.717, 1.165) is 11.3 Å². The van der Waals surface area contributed by atoms with Crippen LogP contribution in [0.4, 0.5) is 0 Å². The third-order valence-electron chi connectivity index (χ3n) is 4.36. The van der Waals surface area contributed by atoms with Gasteiger partial charge in [0.15, 0.2) is 5.76 Å². The lowest BCUT2D eigenvalue weighted by molar-refractivity contribution is -0.154. The van der Waals surface area contributed by atoms with Crippen LogP contribution in [-0.2, 0) is 11.4 Å². The SMILES string of the molecule is CCCC(C)(Oc1ccc(OCc2cc(-c3ccccc3)no2)cc1)C(=O)O. The molecule has 6 heteroatoms. The number of aliphatic carboxylic acids is 1. The van der Waals surface area contributed by atoms with Gasteiger partial charge in [-0.3, -0.25) is 0 Å². The number of aromatic nitrogens is 1. The normalized spacial score (nSPS) is 12.9. The lowest BCUT2D eigenvalue weighted by Crippen LogP contribution is -2.41. The maximum Gasteiger partial charge on any atom is 0.347 e. The number of ether oxygens (including phenoxy) is 2. The number of carboxylic acids is 1. The molecule has 0 spiro atoms. The van der Waals surface area contributed by atoms with Crippen molar-refractivity contribution in [2.75, 3.05) is 0 Å². The standard InChI is InChI=1S/C22H23NO5/c1-3-13-22(2,21(24)25)27-18-11-9-17(10-12-18)26-15-19-14-20(23-28-19)16-7-5-4-6-8-16/h4-12,14H,3,13,15H2,1-2H3,(H,24,25). The maximum atomic E-state index is 11.5. The van der Waals surface area contributed by atoms with Crippen LogP contribution in [0.3, 0.4) is 0 Å². The summed E-state index contributed by atoms with van der Waals surface area (Å²) in [5.41, 5.74) is 0.490. The molecule has 146 valence electrons. The molecule has 28 heavy (non-hydrogen) atoms. The van der Waals surface area contributed by atoms with Gasteiger partial charge in [0.25, 0.3) is 0 Å². The second-order valence-electron chi connectivity index (χ2n) is 6.69. The number of hydrogen-bond acceptors (Lipinski definition) is 5. The van der Waals surface area contributed by atoms with E-state index in [1.54, 1.807) is 31.2 Å². The summed E-state index contributed by atoms with van der Waals surface area (Å²) in [7, 11) is 0. The highest BCUT2D eigenvalue weighted by Crippen LogP contribution is 2.26. The summed E-state index contributed by atoms with van der Waals surface area (Å²) >= 11 is 0. The molecule has 0 fully saturated rings. The zero-order valence-electron chi connectivity index (χ0n) is 15.9. The largest absolute Gasteiger partial charge is 0.486 e. The van der Waals surface area contributed by atoms with Crippen molar-refractivity contribution in [2.24, 2.45) is 0 Å². The second-order valence-corrected chi connectivity index (χ2v) is 6.69. The maximum absolute atomic E-state index is 11.5. The average Bonchev–Trinajstić information content (AvgIpc) is 3.17. The van der Waals surface area contributed by atoms with Gasteiger partial charge >= 0.3 is 5.97 Å². The van der Waals surface area contributed by atoms with Crippen LogP contribution in [0, 0.1) is 0 Å². The third kappa shape index (κ3) is 4.71. The highest BCUT2D eigenvalue weighted by Gasteiger charge is 2.34. The third-order valence-corrected chi connectivity index (χ3v) is 4.36. The minimum atomic E-state index is -1.25. The molecule has 0 saturated heterocycles. The van der Waals surface area contributed by atoms with Crippen molar-refractivity contribution in [2.45, 2.75) is 38.9 Å². The summed E-state index contributed by atoms with van der Waals surface area (Å²) in [6.45, 7) is 3.74. The first kappa shape index (κ1) is 19.5. The molecule has 0 amide bonds. The minimum absolute atomic E-state index is 0.239. The molecule has 6 nitrogen and oxygen atoms in total. The number of carbonyl (C=O) groups is 1. The molecule has 0 saturated carbocycles. The fraction of sp³-hybridized carbons (Fsp3) is 0.273. The van der Waals surface area contributed by atoms with Crippen molar-refractivity contribution < 1.29 is 23.9 Å². The van der Waals surface area contributed by atoms with Gasteiger partial charge < -0.3 is 19.1 Å². The molecular formula is C22H23NO5. The number of carboxylic acid groups (broad SMARTS) is 1. The van der Waals surface area contributed by atoms with Crippen LogP contribution in [0.2, 0.25) is 0 Å². The monoisotopic (exact) mass is 381 g/mol. The Balaban J connectivity index is 1.59. The fourth-order valence-electron chi connectivity index (χ4n) is 2.82. The Morgan fingerprint density at radius 1 is 1.11 bits per heavy atom. The highest BCUT2D eigenvalue weighted by molar-refractivity contribution is 5.77. The van der Waals surface area contributed by atoms with Crippen molar-refractivity contribution in [3.05, 3.63) is 66.4 Å². The van der Waals surface area contributed by atoms with Gasteiger partial charge in [-0.2, -0.15) is 0 Å². The minimum Gasteiger partial charge on any atom is -0.486 e. The predicted octanol–water partition coefficient (Wildman–Crippen LogP) is 4.94. The van der Waals surface area contributed by atoms with Crippen molar-refractivity contribution in [3.8, 4) is 22.8 Å². The molecule has 2 aromatic carbocycles. The van der Waals surface area contributed by atoms with Crippen LogP contribution in [0.25, 0.3) is 11.3 Å². The number of nitrogens with zero attached hydrogens (tertiary/aromatic N) is 1. The van der Waals surface area contributed by atoms with Gasteiger partial charge in [-0.15, -0.1) is 0 Å². The van der Waals surface area contributed by atoms with Crippen molar-refractivity contribution in [1.82, 2.24) is 5.16 Å². The first-order chi connectivity index (χ1) is 13.5. The van der Waals surface area contributed by atoms with E-state index in [4.69, 9.17) is 14.0 Å². The number of rotatable bonds is 9. The summed E-state index contributed by atoms with van der Waals surface area (Å²) < 4.78 is 16.7. The Morgan fingerprint density at radius 3 is 2.43 bits per heavy atom. The Labute approximate surface area is 163 Å². The summed E-state index contributed by atoms with van der Waals surface area (Å²) in [5, 5.41) is 13.5. The molecule has 3 aromatic rings. The van der Waals surface area contributed by atoms with Gasteiger partial charge in [0.2, 0.25) is 5.60 Å². The molecule has 1 N–H and O–H groups in total. The van der Waals surface area contributed by atoms with Crippen LogP contribution in [0.15, 0.2) is 65.2 Å². The van der Waals surface area contributed by atoms with Crippen LogP contribution >= 0.6 is 0 Å². The van der Waals surface area contributed by atoms with Gasteiger partial charge in [0.1, 0.15) is 23.8 Å². The summed E-state index contributed by atoms with van der Waals surface area (Å²) in [6.07, 6.45) is 1.14. The fourth-order valence-corrected chi connectivity index (χ4v) is 2.82. The number of benzene rings is 2. The van der Waals surface area contributed by atoms with Crippen molar-refractivity contribution in [3.63, 3.8) is 0 Å². The molecule has 0 bridgehead atoms. The Morgan fingerprint density at radius 2 is 1.79 bits per heavy atom. The summed E-state index contributed by atoms with van der Waals surface area (Å²) in [4.78, 5) is 11.5. The molecule has 3 rings (SSSR count). The van der Waals surface area contributed by atoms with E-state index in [9.17, 15) is 9.90 Å². The van der Waals surface area contributed by atoms with Crippen LogP contribution in [-0.4, -0.2) is 21.8 Å². The first-order valence-corrected chi connectivity index (χ1v) is 9.16. The van der Waals surface area contributed by atoms with Gasteiger partial charge in [-0.05, 0) is 37.6 Å². The molecule has 0 radical (unpaired) electrons.